The number of rotatable bonds is 2. The second-order valence-electron chi connectivity index (χ2n) is 4.18. The van der Waals surface area contributed by atoms with E-state index in [1.807, 2.05) is 29.2 Å². The van der Waals surface area contributed by atoms with Crippen LogP contribution in [0.3, 0.4) is 0 Å². The van der Waals surface area contributed by atoms with Crippen molar-refractivity contribution < 1.29 is 14.6 Å². The standard InChI is InChI=1S/C13H12N2O3S/c1-8-11(12(16)17)19-13(14-8)15-6-7-18-10-5-3-2-4-9(10)15/h2-5H,6-7H2,1H3,(H,16,17). The quantitative estimate of drug-likeness (QED) is 0.913. The van der Waals surface area contributed by atoms with E-state index in [4.69, 9.17) is 9.84 Å². The van der Waals surface area contributed by atoms with Crippen LogP contribution < -0.4 is 9.64 Å². The van der Waals surface area contributed by atoms with Gasteiger partial charge in [-0.1, -0.05) is 23.5 Å². The van der Waals surface area contributed by atoms with Crippen LogP contribution in [0.5, 0.6) is 5.75 Å². The van der Waals surface area contributed by atoms with Crippen LogP contribution in [0.4, 0.5) is 10.8 Å². The minimum atomic E-state index is -0.928. The predicted octanol–water partition coefficient (Wildman–Crippen LogP) is 2.68. The summed E-state index contributed by atoms with van der Waals surface area (Å²) < 4.78 is 5.58. The molecule has 1 aliphatic heterocycles. The van der Waals surface area contributed by atoms with Gasteiger partial charge in [0, 0.05) is 0 Å². The number of carboxylic acids is 1. The number of thiazole rings is 1. The lowest BCUT2D eigenvalue weighted by Gasteiger charge is -2.28. The third-order valence-electron chi connectivity index (χ3n) is 2.94. The minimum absolute atomic E-state index is 0.291. The van der Waals surface area contributed by atoms with Gasteiger partial charge in [-0.2, -0.15) is 0 Å². The second kappa shape index (κ2) is 4.55. The molecule has 0 atom stereocenters. The summed E-state index contributed by atoms with van der Waals surface area (Å²) in [4.78, 5) is 17.7. The Morgan fingerprint density at radius 2 is 2.26 bits per heavy atom. The number of para-hydroxylation sites is 2. The van der Waals surface area contributed by atoms with E-state index in [1.165, 1.54) is 11.3 Å². The van der Waals surface area contributed by atoms with Gasteiger partial charge in [-0.05, 0) is 19.1 Å². The van der Waals surface area contributed by atoms with Crippen LogP contribution in [0.1, 0.15) is 15.4 Å². The maximum absolute atomic E-state index is 11.1. The zero-order valence-electron chi connectivity index (χ0n) is 10.3. The number of ether oxygens (including phenoxy) is 1. The molecule has 0 radical (unpaired) electrons. The first kappa shape index (κ1) is 12.0. The Hall–Kier alpha value is -2.08. The average Bonchev–Trinajstić information content (AvgIpc) is 2.80. The molecule has 0 fully saturated rings. The Balaban J connectivity index is 2.04. The monoisotopic (exact) mass is 276 g/mol. The topological polar surface area (TPSA) is 62.7 Å². The fourth-order valence-electron chi connectivity index (χ4n) is 2.06. The first-order valence-corrected chi connectivity index (χ1v) is 6.68. The molecule has 1 aromatic heterocycles. The molecule has 1 aromatic carbocycles. The fourth-order valence-corrected chi connectivity index (χ4v) is 3.01. The first-order chi connectivity index (χ1) is 9.16. The van der Waals surface area contributed by atoms with Gasteiger partial charge < -0.3 is 14.7 Å². The van der Waals surface area contributed by atoms with Crippen molar-refractivity contribution in [2.45, 2.75) is 6.92 Å². The number of hydrogen-bond acceptors (Lipinski definition) is 5. The molecule has 3 rings (SSSR count). The molecule has 98 valence electrons. The molecule has 2 heterocycles. The lowest BCUT2D eigenvalue weighted by molar-refractivity contribution is 0.0701. The molecule has 0 aliphatic carbocycles. The lowest BCUT2D eigenvalue weighted by atomic mass is 10.2. The summed E-state index contributed by atoms with van der Waals surface area (Å²) in [6, 6.07) is 7.70. The lowest BCUT2D eigenvalue weighted by Crippen LogP contribution is -2.28. The molecule has 0 amide bonds. The molecule has 1 aliphatic rings. The number of aromatic carboxylic acids is 1. The Morgan fingerprint density at radius 1 is 1.47 bits per heavy atom. The zero-order chi connectivity index (χ0) is 13.4. The second-order valence-corrected chi connectivity index (χ2v) is 5.16. The van der Waals surface area contributed by atoms with Gasteiger partial charge >= 0.3 is 5.97 Å². The Morgan fingerprint density at radius 3 is 3.00 bits per heavy atom. The van der Waals surface area contributed by atoms with Crippen molar-refractivity contribution in [2.24, 2.45) is 0 Å². The highest BCUT2D eigenvalue weighted by Crippen LogP contribution is 2.38. The van der Waals surface area contributed by atoms with Crippen LogP contribution >= 0.6 is 11.3 Å². The van der Waals surface area contributed by atoms with E-state index in [0.29, 0.717) is 28.9 Å². The molecule has 0 saturated heterocycles. The smallest absolute Gasteiger partial charge is 0.347 e. The summed E-state index contributed by atoms with van der Waals surface area (Å²) in [6.45, 7) is 2.96. The van der Waals surface area contributed by atoms with E-state index in [9.17, 15) is 4.79 Å². The molecular formula is C13H12N2O3S. The molecule has 1 N–H and O–H groups in total. The maximum Gasteiger partial charge on any atom is 0.347 e. The Bertz CT molecular complexity index is 639. The summed E-state index contributed by atoms with van der Waals surface area (Å²) in [5, 5.41) is 9.80. The molecule has 0 spiro atoms. The summed E-state index contributed by atoms with van der Waals surface area (Å²) in [7, 11) is 0. The fraction of sp³-hybridized carbons (Fsp3) is 0.231. The van der Waals surface area contributed by atoms with E-state index in [2.05, 4.69) is 4.98 Å². The number of nitrogens with zero attached hydrogens (tertiary/aromatic N) is 2. The van der Waals surface area contributed by atoms with E-state index < -0.39 is 5.97 Å². The number of aryl methyl sites for hydroxylation is 1. The third kappa shape index (κ3) is 2.04. The number of aromatic nitrogens is 1. The van der Waals surface area contributed by atoms with Crippen LogP contribution in [0.25, 0.3) is 0 Å². The molecule has 2 aromatic rings. The number of fused-ring (bicyclic) bond motifs is 1. The summed E-state index contributed by atoms with van der Waals surface area (Å²) >= 11 is 1.20. The third-order valence-corrected chi connectivity index (χ3v) is 4.11. The van der Waals surface area contributed by atoms with Gasteiger partial charge in [0.25, 0.3) is 0 Å². The van der Waals surface area contributed by atoms with Gasteiger partial charge in [-0.25, -0.2) is 9.78 Å². The Labute approximate surface area is 114 Å². The Kier molecular flexibility index (Phi) is 2.87. The van der Waals surface area contributed by atoms with Gasteiger partial charge in [-0.15, -0.1) is 0 Å². The molecule has 0 unspecified atom stereocenters. The van der Waals surface area contributed by atoms with Crippen molar-refractivity contribution in [3.05, 3.63) is 34.8 Å². The molecular weight excluding hydrogens is 264 g/mol. The van der Waals surface area contributed by atoms with Crippen LogP contribution in [0.2, 0.25) is 0 Å². The van der Waals surface area contributed by atoms with Crippen molar-refractivity contribution in [1.82, 2.24) is 4.98 Å². The summed E-state index contributed by atoms with van der Waals surface area (Å²) in [5.41, 5.74) is 1.48. The van der Waals surface area contributed by atoms with Gasteiger partial charge in [0.2, 0.25) is 0 Å². The number of carboxylic acid groups (broad SMARTS) is 1. The van der Waals surface area contributed by atoms with E-state index in [1.54, 1.807) is 6.92 Å². The first-order valence-electron chi connectivity index (χ1n) is 5.87. The van der Waals surface area contributed by atoms with E-state index >= 15 is 0 Å². The van der Waals surface area contributed by atoms with E-state index in [0.717, 1.165) is 11.4 Å². The predicted molar refractivity (Wildman–Crippen MR) is 72.8 cm³/mol. The van der Waals surface area contributed by atoms with Crippen LogP contribution in [-0.4, -0.2) is 29.2 Å². The van der Waals surface area contributed by atoms with Crippen molar-refractivity contribution >= 4 is 28.1 Å². The molecule has 6 heteroatoms. The maximum atomic E-state index is 11.1. The van der Waals surface area contributed by atoms with Crippen LogP contribution in [0.15, 0.2) is 24.3 Å². The zero-order valence-corrected chi connectivity index (χ0v) is 11.1. The van der Waals surface area contributed by atoms with Gasteiger partial charge in [0.15, 0.2) is 5.13 Å². The van der Waals surface area contributed by atoms with Gasteiger partial charge in [-0.3, -0.25) is 0 Å². The number of hydrogen-bond donors (Lipinski definition) is 1. The molecule has 5 nitrogen and oxygen atoms in total. The van der Waals surface area contributed by atoms with Crippen molar-refractivity contribution in [2.75, 3.05) is 18.1 Å². The van der Waals surface area contributed by atoms with Gasteiger partial charge in [0.05, 0.1) is 17.9 Å². The molecule has 0 bridgehead atoms. The number of benzene rings is 1. The average molecular weight is 276 g/mol. The number of carbonyl (C=O) groups is 1. The largest absolute Gasteiger partial charge is 0.490 e. The summed E-state index contributed by atoms with van der Waals surface area (Å²) in [5.74, 6) is -0.124. The van der Waals surface area contributed by atoms with Crippen molar-refractivity contribution in [3.8, 4) is 5.75 Å². The molecule has 19 heavy (non-hydrogen) atoms. The van der Waals surface area contributed by atoms with Crippen LogP contribution in [-0.2, 0) is 0 Å². The summed E-state index contributed by atoms with van der Waals surface area (Å²) in [6.07, 6.45) is 0. The van der Waals surface area contributed by atoms with Crippen molar-refractivity contribution in [3.63, 3.8) is 0 Å². The van der Waals surface area contributed by atoms with Gasteiger partial charge in [0.1, 0.15) is 17.2 Å². The van der Waals surface area contributed by atoms with E-state index in [-0.39, 0.29) is 0 Å². The normalized spacial score (nSPS) is 13.8. The highest BCUT2D eigenvalue weighted by Gasteiger charge is 2.24. The molecule has 0 saturated carbocycles. The minimum Gasteiger partial charge on any atom is -0.490 e. The van der Waals surface area contributed by atoms with Crippen LogP contribution in [0, 0.1) is 6.92 Å². The highest BCUT2D eigenvalue weighted by molar-refractivity contribution is 7.17. The SMILES string of the molecule is Cc1nc(N2CCOc3ccccc32)sc1C(=O)O. The van der Waals surface area contributed by atoms with Crippen molar-refractivity contribution in [1.29, 1.82) is 0 Å². The highest BCUT2D eigenvalue weighted by atomic mass is 32.1. The number of anilines is 2.